The van der Waals surface area contributed by atoms with Crippen molar-refractivity contribution in [1.82, 2.24) is 14.7 Å². The second-order valence-corrected chi connectivity index (χ2v) is 11.6. The van der Waals surface area contributed by atoms with Gasteiger partial charge in [-0.15, -0.1) is 0 Å². The van der Waals surface area contributed by atoms with E-state index in [4.69, 9.17) is 37.8 Å². The topological polar surface area (TPSA) is 59.8 Å². The Morgan fingerprint density at radius 2 is 1.68 bits per heavy atom. The Labute approximate surface area is 251 Å². The van der Waals surface area contributed by atoms with Crippen LogP contribution in [0.15, 0.2) is 60.7 Å². The number of carbonyl (C=O) groups is 1. The standard InChI is InChI=1S/C32H34Cl2N4O3/c1-19(2)30-28-29(35-38(30)24-9-7-8-10-26(24)40-6)32(39)37(31(28)23-13-11-21(33)17-20(23)3)25-18-22(34)12-14-27(25)41-16-15-36(4)5/h7-14,17-19,31H,15-16H2,1-6H3/t31-/m1/s1. The third-order valence-electron chi connectivity index (χ3n) is 7.28. The highest BCUT2D eigenvalue weighted by molar-refractivity contribution is 6.31. The number of carbonyl (C=O) groups excluding carboxylic acids is 1. The van der Waals surface area contributed by atoms with E-state index in [0.29, 0.717) is 39.5 Å². The summed E-state index contributed by atoms with van der Waals surface area (Å²) in [5.41, 5.74) is 5.44. The SMILES string of the molecule is COc1ccccc1-n1nc2c(c1C(C)C)[C@@H](c1ccc(Cl)cc1C)N(c1cc(Cl)ccc1OCCN(C)C)C2=O. The Morgan fingerprint density at radius 3 is 2.37 bits per heavy atom. The number of likely N-dealkylation sites (N-methyl/N-ethyl adjacent to an activating group) is 1. The number of aryl methyl sites for hydroxylation is 1. The minimum atomic E-state index is -0.481. The summed E-state index contributed by atoms with van der Waals surface area (Å²) in [6.45, 7) is 7.40. The van der Waals surface area contributed by atoms with Crippen molar-refractivity contribution in [2.75, 3.05) is 39.3 Å². The van der Waals surface area contributed by atoms with Gasteiger partial charge in [0.2, 0.25) is 0 Å². The molecule has 0 saturated carbocycles. The van der Waals surface area contributed by atoms with E-state index in [1.54, 1.807) is 24.1 Å². The van der Waals surface area contributed by atoms with Crippen molar-refractivity contribution in [1.29, 1.82) is 0 Å². The van der Waals surface area contributed by atoms with Crippen LogP contribution in [0.3, 0.4) is 0 Å². The molecule has 214 valence electrons. The number of halogens is 2. The van der Waals surface area contributed by atoms with Gasteiger partial charge in [-0.05, 0) is 80.5 Å². The van der Waals surface area contributed by atoms with Gasteiger partial charge in [0, 0.05) is 22.2 Å². The number of benzene rings is 3. The molecule has 1 aliphatic heterocycles. The van der Waals surface area contributed by atoms with Gasteiger partial charge in [-0.25, -0.2) is 4.68 Å². The predicted octanol–water partition coefficient (Wildman–Crippen LogP) is 7.31. The smallest absolute Gasteiger partial charge is 0.280 e. The molecule has 0 saturated heterocycles. The second kappa shape index (κ2) is 11.8. The molecule has 3 aromatic carbocycles. The number of rotatable bonds is 9. The molecule has 0 unspecified atom stereocenters. The van der Waals surface area contributed by atoms with E-state index in [9.17, 15) is 4.79 Å². The van der Waals surface area contributed by atoms with Crippen molar-refractivity contribution < 1.29 is 14.3 Å². The van der Waals surface area contributed by atoms with Crippen LogP contribution in [0, 0.1) is 6.92 Å². The fourth-order valence-corrected chi connectivity index (χ4v) is 5.80. The molecule has 0 N–H and O–H groups in total. The van der Waals surface area contributed by atoms with Crippen molar-refractivity contribution in [3.05, 3.63) is 98.8 Å². The first-order valence-corrected chi connectivity index (χ1v) is 14.3. The number of hydrogen-bond acceptors (Lipinski definition) is 5. The van der Waals surface area contributed by atoms with Crippen molar-refractivity contribution in [2.45, 2.75) is 32.7 Å². The summed E-state index contributed by atoms with van der Waals surface area (Å²) in [5, 5.41) is 6.08. The lowest BCUT2D eigenvalue weighted by atomic mass is 9.92. The van der Waals surface area contributed by atoms with Crippen LogP contribution in [0.4, 0.5) is 5.69 Å². The van der Waals surface area contributed by atoms with E-state index in [-0.39, 0.29) is 11.8 Å². The monoisotopic (exact) mass is 592 g/mol. The average Bonchev–Trinajstić information content (AvgIpc) is 3.44. The van der Waals surface area contributed by atoms with Gasteiger partial charge in [-0.3, -0.25) is 9.69 Å². The number of amides is 1. The zero-order chi connectivity index (χ0) is 29.4. The maximum absolute atomic E-state index is 14.5. The van der Waals surface area contributed by atoms with Crippen molar-refractivity contribution in [3.63, 3.8) is 0 Å². The maximum Gasteiger partial charge on any atom is 0.280 e. The Balaban J connectivity index is 1.76. The third kappa shape index (κ3) is 5.42. The normalized spacial score (nSPS) is 14.7. The average molecular weight is 594 g/mol. The third-order valence-corrected chi connectivity index (χ3v) is 7.75. The van der Waals surface area contributed by atoms with Gasteiger partial charge in [-0.1, -0.05) is 55.2 Å². The van der Waals surface area contributed by atoms with Gasteiger partial charge in [0.15, 0.2) is 5.69 Å². The lowest BCUT2D eigenvalue weighted by Crippen LogP contribution is -2.31. The Bertz CT molecular complexity index is 1600. The number of aromatic nitrogens is 2. The molecule has 1 amide bonds. The fourth-order valence-electron chi connectivity index (χ4n) is 5.40. The number of fused-ring (bicyclic) bond motifs is 1. The van der Waals surface area contributed by atoms with Crippen molar-refractivity contribution >= 4 is 34.8 Å². The zero-order valence-corrected chi connectivity index (χ0v) is 25.6. The highest BCUT2D eigenvalue weighted by Crippen LogP contribution is 2.49. The first kappa shape index (κ1) is 29.0. The number of anilines is 1. The fraction of sp³-hybridized carbons (Fsp3) is 0.312. The molecule has 0 aliphatic carbocycles. The molecule has 0 radical (unpaired) electrons. The van der Waals surface area contributed by atoms with E-state index in [1.807, 2.05) is 79.1 Å². The lowest BCUT2D eigenvalue weighted by Gasteiger charge is -2.30. The zero-order valence-electron chi connectivity index (χ0n) is 24.1. The Morgan fingerprint density at radius 1 is 0.976 bits per heavy atom. The molecule has 7 nitrogen and oxygen atoms in total. The van der Waals surface area contributed by atoms with Crippen LogP contribution >= 0.6 is 23.2 Å². The molecule has 4 aromatic rings. The summed E-state index contributed by atoms with van der Waals surface area (Å²) in [5.74, 6) is 1.06. The van der Waals surface area contributed by atoms with E-state index < -0.39 is 6.04 Å². The maximum atomic E-state index is 14.5. The molecule has 0 spiro atoms. The van der Waals surface area contributed by atoms with Crippen LogP contribution in [0.2, 0.25) is 10.0 Å². The van der Waals surface area contributed by atoms with E-state index in [1.165, 1.54) is 0 Å². The van der Waals surface area contributed by atoms with Crippen LogP contribution in [-0.2, 0) is 0 Å². The molecular weight excluding hydrogens is 559 g/mol. The van der Waals surface area contributed by atoms with Gasteiger partial charge < -0.3 is 14.4 Å². The largest absolute Gasteiger partial charge is 0.494 e. The number of methoxy groups -OCH3 is 1. The minimum absolute atomic E-state index is 0.0363. The van der Waals surface area contributed by atoms with Crippen LogP contribution in [0.1, 0.15) is 58.7 Å². The second-order valence-electron chi connectivity index (χ2n) is 10.7. The number of para-hydroxylation sites is 2. The summed E-state index contributed by atoms with van der Waals surface area (Å²) in [4.78, 5) is 18.3. The number of hydrogen-bond donors (Lipinski definition) is 0. The quantitative estimate of drug-likeness (QED) is 0.204. The first-order valence-electron chi connectivity index (χ1n) is 13.5. The Kier molecular flexibility index (Phi) is 8.32. The molecule has 9 heteroatoms. The molecule has 2 heterocycles. The van der Waals surface area contributed by atoms with Gasteiger partial charge in [0.1, 0.15) is 23.8 Å². The van der Waals surface area contributed by atoms with Gasteiger partial charge >= 0.3 is 0 Å². The van der Waals surface area contributed by atoms with Gasteiger partial charge in [0.05, 0.1) is 24.5 Å². The molecular formula is C32H34Cl2N4O3. The molecule has 5 rings (SSSR count). The minimum Gasteiger partial charge on any atom is -0.494 e. The summed E-state index contributed by atoms with van der Waals surface area (Å²) in [6, 6.07) is 18.4. The highest BCUT2D eigenvalue weighted by Gasteiger charge is 2.46. The molecule has 1 aliphatic rings. The summed E-state index contributed by atoms with van der Waals surface area (Å²) in [7, 11) is 5.61. The van der Waals surface area contributed by atoms with Crippen LogP contribution < -0.4 is 14.4 Å². The molecule has 41 heavy (non-hydrogen) atoms. The summed E-state index contributed by atoms with van der Waals surface area (Å²) in [6.07, 6.45) is 0. The van der Waals surface area contributed by atoms with E-state index in [0.717, 1.165) is 34.6 Å². The molecule has 0 bridgehead atoms. The lowest BCUT2D eigenvalue weighted by molar-refractivity contribution is 0.0987. The number of nitrogens with zero attached hydrogens (tertiary/aromatic N) is 4. The van der Waals surface area contributed by atoms with E-state index >= 15 is 0 Å². The van der Waals surface area contributed by atoms with Crippen molar-refractivity contribution in [3.8, 4) is 17.2 Å². The Hall–Kier alpha value is -3.52. The van der Waals surface area contributed by atoms with Crippen LogP contribution in [0.5, 0.6) is 11.5 Å². The van der Waals surface area contributed by atoms with Crippen LogP contribution in [0.25, 0.3) is 5.69 Å². The number of ether oxygens (including phenoxy) is 2. The van der Waals surface area contributed by atoms with Gasteiger partial charge in [0.25, 0.3) is 5.91 Å². The van der Waals surface area contributed by atoms with Crippen molar-refractivity contribution in [2.24, 2.45) is 0 Å². The van der Waals surface area contributed by atoms with Crippen LogP contribution in [-0.4, -0.2) is 54.9 Å². The van der Waals surface area contributed by atoms with Gasteiger partial charge in [-0.2, -0.15) is 5.10 Å². The summed E-state index contributed by atoms with van der Waals surface area (Å²) >= 11 is 12.9. The molecule has 1 aromatic heterocycles. The van der Waals surface area contributed by atoms with E-state index in [2.05, 4.69) is 13.8 Å². The predicted molar refractivity (Wildman–Crippen MR) is 165 cm³/mol. The highest BCUT2D eigenvalue weighted by atomic mass is 35.5. The first-order chi connectivity index (χ1) is 19.6. The summed E-state index contributed by atoms with van der Waals surface area (Å²) < 4.78 is 13.7. The molecule has 1 atom stereocenters. The molecule has 0 fully saturated rings.